The van der Waals surface area contributed by atoms with E-state index in [4.69, 9.17) is 4.74 Å². The van der Waals surface area contributed by atoms with Gasteiger partial charge in [0.15, 0.2) is 5.78 Å². The van der Waals surface area contributed by atoms with Gasteiger partial charge < -0.3 is 4.74 Å². The van der Waals surface area contributed by atoms with Crippen LogP contribution in [0.3, 0.4) is 0 Å². The average Bonchev–Trinajstić information content (AvgIpc) is 2.18. The molecule has 0 spiro atoms. The van der Waals surface area contributed by atoms with Crippen LogP contribution in [0, 0.1) is 0 Å². The number of rotatable bonds is 1. The Kier molecular flexibility index (Phi) is 2.77. The molecule has 0 bridgehead atoms. The van der Waals surface area contributed by atoms with E-state index in [-0.39, 0.29) is 24.1 Å². The Labute approximate surface area is 83.1 Å². The average molecular weight is 194 g/mol. The van der Waals surface area contributed by atoms with E-state index in [2.05, 4.69) is 0 Å². The lowest BCUT2D eigenvalue weighted by atomic mass is 9.90. The number of ether oxygens (including phenoxy) is 1. The van der Waals surface area contributed by atoms with Crippen molar-refractivity contribution >= 4 is 11.6 Å². The van der Waals surface area contributed by atoms with Gasteiger partial charge >= 0.3 is 0 Å². The van der Waals surface area contributed by atoms with E-state index < -0.39 is 0 Å². The second-order valence-electron chi connectivity index (χ2n) is 3.93. The summed E-state index contributed by atoms with van der Waals surface area (Å²) in [7, 11) is 0. The highest BCUT2D eigenvalue weighted by Gasteiger charge is 2.25. The second-order valence-corrected chi connectivity index (χ2v) is 3.93. The van der Waals surface area contributed by atoms with Crippen LogP contribution in [-0.2, 0) is 14.3 Å². The summed E-state index contributed by atoms with van der Waals surface area (Å²) in [6, 6.07) is 0. The molecule has 14 heavy (non-hydrogen) atoms. The third kappa shape index (κ3) is 2.10. The maximum Gasteiger partial charge on any atom is 0.163 e. The zero-order valence-electron chi connectivity index (χ0n) is 8.12. The summed E-state index contributed by atoms with van der Waals surface area (Å²) >= 11 is 0. The largest absolute Gasteiger partial charge is 0.374 e. The number of hydrogen-bond donors (Lipinski definition) is 0. The molecule has 1 heterocycles. The third-order valence-electron chi connectivity index (χ3n) is 2.71. The van der Waals surface area contributed by atoms with Crippen molar-refractivity contribution in [1.29, 1.82) is 0 Å². The Balaban J connectivity index is 2.08. The molecule has 0 radical (unpaired) electrons. The van der Waals surface area contributed by atoms with Crippen molar-refractivity contribution in [2.24, 2.45) is 0 Å². The third-order valence-corrected chi connectivity index (χ3v) is 2.71. The summed E-state index contributed by atoms with van der Waals surface area (Å²) < 4.78 is 5.54. The highest BCUT2D eigenvalue weighted by atomic mass is 16.5. The molecule has 3 heteroatoms. The molecule has 1 atom stereocenters. The van der Waals surface area contributed by atoms with Crippen molar-refractivity contribution in [3.8, 4) is 0 Å². The monoisotopic (exact) mass is 194 g/mol. The van der Waals surface area contributed by atoms with Crippen molar-refractivity contribution in [2.75, 3.05) is 6.61 Å². The number of hydrogen-bond acceptors (Lipinski definition) is 3. The molecule has 0 amide bonds. The van der Waals surface area contributed by atoms with Crippen molar-refractivity contribution in [3.05, 3.63) is 11.6 Å². The van der Waals surface area contributed by atoms with Gasteiger partial charge in [0.2, 0.25) is 0 Å². The number of carbonyl (C=O) groups is 2. The quantitative estimate of drug-likeness (QED) is 0.593. The lowest BCUT2D eigenvalue weighted by Gasteiger charge is -2.26. The molecule has 2 rings (SSSR count). The van der Waals surface area contributed by atoms with Crippen LogP contribution < -0.4 is 0 Å². The predicted octanol–water partition coefficient (Wildman–Crippen LogP) is 1.41. The van der Waals surface area contributed by atoms with E-state index in [0.29, 0.717) is 6.42 Å². The molecule has 0 aromatic heterocycles. The molecule has 0 saturated carbocycles. The smallest absolute Gasteiger partial charge is 0.163 e. The number of ketones is 2. The molecule has 1 aliphatic heterocycles. The Morgan fingerprint density at radius 3 is 2.71 bits per heavy atom. The zero-order chi connectivity index (χ0) is 9.97. The lowest BCUT2D eigenvalue weighted by Crippen LogP contribution is -2.26. The summed E-state index contributed by atoms with van der Waals surface area (Å²) in [6.45, 7) is 0.754. The molecule has 0 aromatic rings. The van der Waals surface area contributed by atoms with Crippen molar-refractivity contribution in [1.82, 2.24) is 0 Å². The van der Waals surface area contributed by atoms with Crippen LogP contribution in [0.4, 0.5) is 0 Å². The van der Waals surface area contributed by atoms with Crippen LogP contribution in [0.2, 0.25) is 0 Å². The molecule has 3 nitrogen and oxygen atoms in total. The van der Waals surface area contributed by atoms with E-state index in [9.17, 15) is 9.59 Å². The predicted molar refractivity (Wildman–Crippen MR) is 50.9 cm³/mol. The first-order chi connectivity index (χ1) is 6.75. The first-order valence-corrected chi connectivity index (χ1v) is 5.12. The highest BCUT2D eigenvalue weighted by molar-refractivity contribution is 6.08. The van der Waals surface area contributed by atoms with E-state index >= 15 is 0 Å². The lowest BCUT2D eigenvalue weighted by molar-refractivity contribution is -0.125. The number of Topliss-reactive ketones (excluding diaryl/α,β-unsaturated/α-hetero) is 1. The minimum atomic E-state index is -0.0644. The summed E-state index contributed by atoms with van der Waals surface area (Å²) in [6.07, 6.45) is 5.30. The maximum atomic E-state index is 11.2. The maximum absolute atomic E-state index is 11.2. The fourth-order valence-corrected chi connectivity index (χ4v) is 2.03. The fourth-order valence-electron chi connectivity index (χ4n) is 2.03. The Morgan fingerprint density at radius 1 is 1.21 bits per heavy atom. The summed E-state index contributed by atoms with van der Waals surface area (Å²) in [5, 5.41) is 0. The highest BCUT2D eigenvalue weighted by Crippen LogP contribution is 2.25. The van der Waals surface area contributed by atoms with Gasteiger partial charge in [-0.1, -0.05) is 0 Å². The Hall–Kier alpha value is -0.960. The van der Waals surface area contributed by atoms with Crippen molar-refractivity contribution in [3.63, 3.8) is 0 Å². The standard InChI is InChI=1S/C11H14O3/c12-9-5-8(6-10(13)7-9)11-3-1-2-4-14-11/h5,11H,1-4,6-7H2. The van der Waals surface area contributed by atoms with Gasteiger partial charge in [0.1, 0.15) is 5.78 Å². The molecular formula is C11H14O3. The Bertz CT molecular complexity index is 285. The molecule has 76 valence electrons. The van der Waals surface area contributed by atoms with Gasteiger partial charge in [0.05, 0.1) is 12.5 Å². The first kappa shape index (κ1) is 9.59. The SMILES string of the molecule is O=C1C=C(C2CCCCO2)CC(=O)C1. The number of allylic oxidation sites excluding steroid dienone is 1. The van der Waals surface area contributed by atoms with Crippen LogP contribution in [0.5, 0.6) is 0 Å². The van der Waals surface area contributed by atoms with Crippen LogP contribution in [0.25, 0.3) is 0 Å². The van der Waals surface area contributed by atoms with Crippen LogP contribution in [-0.4, -0.2) is 24.3 Å². The van der Waals surface area contributed by atoms with E-state index in [1.165, 1.54) is 0 Å². The first-order valence-electron chi connectivity index (χ1n) is 5.12. The van der Waals surface area contributed by atoms with Crippen LogP contribution in [0.15, 0.2) is 11.6 Å². The molecular weight excluding hydrogens is 180 g/mol. The minimum Gasteiger partial charge on any atom is -0.374 e. The van der Waals surface area contributed by atoms with E-state index in [0.717, 1.165) is 31.4 Å². The molecule has 2 aliphatic rings. The van der Waals surface area contributed by atoms with Crippen molar-refractivity contribution in [2.45, 2.75) is 38.2 Å². The normalized spacial score (nSPS) is 28.9. The van der Waals surface area contributed by atoms with Gasteiger partial charge in [-0.05, 0) is 30.9 Å². The topological polar surface area (TPSA) is 43.4 Å². The van der Waals surface area contributed by atoms with Crippen molar-refractivity contribution < 1.29 is 14.3 Å². The van der Waals surface area contributed by atoms with Gasteiger partial charge in [-0.15, -0.1) is 0 Å². The number of carbonyl (C=O) groups excluding carboxylic acids is 2. The molecule has 1 unspecified atom stereocenters. The summed E-state index contributed by atoms with van der Waals surface area (Å²) in [5.74, 6) is -0.0351. The minimum absolute atomic E-state index is 0.0250. The second kappa shape index (κ2) is 4.05. The Morgan fingerprint density at radius 2 is 2.07 bits per heavy atom. The van der Waals surface area contributed by atoms with Gasteiger partial charge in [-0.2, -0.15) is 0 Å². The molecule has 0 aromatic carbocycles. The zero-order valence-corrected chi connectivity index (χ0v) is 8.12. The van der Waals surface area contributed by atoms with Gasteiger partial charge in [-0.25, -0.2) is 0 Å². The van der Waals surface area contributed by atoms with E-state index in [1.54, 1.807) is 6.08 Å². The van der Waals surface area contributed by atoms with Gasteiger partial charge in [-0.3, -0.25) is 9.59 Å². The summed E-state index contributed by atoms with van der Waals surface area (Å²) in [4.78, 5) is 22.4. The molecule has 1 saturated heterocycles. The molecule has 1 aliphatic carbocycles. The van der Waals surface area contributed by atoms with E-state index in [1.807, 2.05) is 0 Å². The summed E-state index contributed by atoms with van der Waals surface area (Å²) in [5.41, 5.74) is 0.894. The molecule has 1 fully saturated rings. The van der Waals surface area contributed by atoms with Crippen LogP contribution >= 0.6 is 0 Å². The van der Waals surface area contributed by atoms with Gasteiger partial charge in [0, 0.05) is 13.0 Å². The van der Waals surface area contributed by atoms with Crippen LogP contribution in [0.1, 0.15) is 32.1 Å². The van der Waals surface area contributed by atoms with Gasteiger partial charge in [0.25, 0.3) is 0 Å². The fraction of sp³-hybridized carbons (Fsp3) is 0.636. The molecule has 0 N–H and O–H groups in total.